The SMILES string of the molecule is CC(=O)OCC1O[C@H](Sc2cncc(Br)c2)C(OC(C)=O)C(N/C=C(\N=N)c2cc(F)c(F)c(F)c2)[C@H]1OC(C)=O. The number of halogens is 4. The lowest BCUT2D eigenvalue weighted by Crippen LogP contribution is -2.64. The number of hydrogen-bond donors (Lipinski definition) is 2. The Bertz CT molecular complexity index is 1330. The first-order valence-corrected chi connectivity index (χ1v) is 13.5. The third-order valence-electron chi connectivity index (χ3n) is 5.45. The maximum absolute atomic E-state index is 13.9. The van der Waals surface area contributed by atoms with E-state index in [1.807, 2.05) is 0 Å². The second kappa shape index (κ2) is 14.4. The number of hydrogen-bond acceptors (Lipinski definition) is 12. The average Bonchev–Trinajstić information content (AvgIpc) is 2.88. The lowest BCUT2D eigenvalue weighted by molar-refractivity contribution is -0.203. The highest BCUT2D eigenvalue weighted by Crippen LogP contribution is 2.37. The van der Waals surface area contributed by atoms with Crippen molar-refractivity contribution >= 4 is 51.3 Å². The standard InChI is InChI=1S/C25H24BrF3N4O7S/c1-11(34)37-10-20-23(38-12(2)35)22(32-9-19(33-30)14-4-17(27)21(29)18(28)5-14)24(39-13(3)36)25(40-20)41-16-6-15(26)7-31-8-16/h4-9,20,22-25,30,32H,10H2,1-3H3/b19-9-,33-30?/t20?,22?,23-,24?,25+/m0/s1. The number of thioether (sulfide) groups is 1. The normalized spacial score (nSPS) is 22.4. The van der Waals surface area contributed by atoms with Crippen LogP contribution in [-0.4, -0.2) is 59.3 Å². The molecule has 16 heteroatoms. The zero-order valence-electron chi connectivity index (χ0n) is 21.7. The average molecular weight is 661 g/mol. The third-order valence-corrected chi connectivity index (χ3v) is 6.99. The molecule has 0 aliphatic carbocycles. The molecule has 11 nitrogen and oxygen atoms in total. The molecule has 1 aliphatic heterocycles. The van der Waals surface area contributed by atoms with Gasteiger partial charge >= 0.3 is 17.9 Å². The van der Waals surface area contributed by atoms with Crippen molar-refractivity contribution in [2.45, 2.75) is 55.5 Å². The smallest absolute Gasteiger partial charge is 0.303 e. The maximum atomic E-state index is 13.9. The molecule has 2 N–H and O–H groups in total. The van der Waals surface area contributed by atoms with Crippen LogP contribution in [0.2, 0.25) is 0 Å². The van der Waals surface area contributed by atoms with E-state index < -0.39 is 65.1 Å². The molecule has 1 saturated heterocycles. The summed E-state index contributed by atoms with van der Waals surface area (Å²) in [6.45, 7) is 3.08. The zero-order valence-corrected chi connectivity index (χ0v) is 24.1. The van der Waals surface area contributed by atoms with Crippen LogP contribution in [0.4, 0.5) is 13.2 Å². The molecule has 0 spiro atoms. The Kier molecular flexibility index (Phi) is 11.3. The highest BCUT2D eigenvalue weighted by Gasteiger charge is 2.50. The molecule has 5 atom stereocenters. The van der Waals surface area contributed by atoms with Crippen molar-refractivity contribution in [2.24, 2.45) is 5.11 Å². The van der Waals surface area contributed by atoms with E-state index in [1.165, 1.54) is 13.1 Å². The lowest BCUT2D eigenvalue weighted by atomic mass is 9.96. The molecule has 1 aromatic carbocycles. The molecule has 41 heavy (non-hydrogen) atoms. The van der Waals surface area contributed by atoms with E-state index in [9.17, 15) is 27.6 Å². The summed E-state index contributed by atoms with van der Waals surface area (Å²) in [6, 6.07) is 1.87. The summed E-state index contributed by atoms with van der Waals surface area (Å²) in [4.78, 5) is 40.5. The van der Waals surface area contributed by atoms with E-state index in [-0.39, 0.29) is 17.9 Å². The number of pyridine rings is 1. The van der Waals surface area contributed by atoms with Crippen LogP contribution in [0.1, 0.15) is 26.3 Å². The second-order valence-corrected chi connectivity index (χ2v) is 10.6. The van der Waals surface area contributed by atoms with E-state index >= 15 is 0 Å². The van der Waals surface area contributed by atoms with Gasteiger partial charge in [0.2, 0.25) is 0 Å². The summed E-state index contributed by atoms with van der Waals surface area (Å²) in [6.07, 6.45) is 0.610. The Morgan fingerprint density at radius 3 is 2.27 bits per heavy atom. The van der Waals surface area contributed by atoms with Gasteiger partial charge in [0.05, 0.1) is 0 Å². The quantitative estimate of drug-likeness (QED) is 0.161. The van der Waals surface area contributed by atoms with E-state index in [0.29, 0.717) is 21.5 Å². The molecule has 1 aliphatic rings. The molecule has 1 aromatic heterocycles. The summed E-state index contributed by atoms with van der Waals surface area (Å²) in [5.74, 6) is -6.82. The second-order valence-electron chi connectivity index (χ2n) is 8.54. The largest absolute Gasteiger partial charge is 0.463 e. The Morgan fingerprint density at radius 1 is 1.07 bits per heavy atom. The minimum atomic E-state index is -1.70. The molecule has 3 unspecified atom stereocenters. The Hall–Kier alpha value is -3.50. The summed E-state index contributed by atoms with van der Waals surface area (Å²) >= 11 is 4.43. The highest BCUT2D eigenvalue weighted by molar-refractivity contribution is 9.10. The summed E-state index contributed by atoms with van der Waals surface area (Å²) < 4.78 is 64.2. The van der Waals surface area contributed by atoms with Crippen LogP contribution in [0.5, 0.6) is 0 Å². The highest BCUT2D eigenvalue weighted by atomic mass is 79.9. The van der Waals surface area contributed by atoms with Gasteiger partial charge in [-0.15, -0.1) is 0 Å². The number of carbonyl (C=O) groups excluding carboxylic acids is 3. The number of carbonyl (C=O) groups is 3. The van der Waals surface area contributed by atoms with Gasteiger partial charge < -0.3 is 24.3 Å². The molecule has 1 fully saturated rings. The number of esters is 3. The van der Waals surface area contributed by atoms with Crippen molar-refractivity contribution in [3.8, 4) is 0 Å². The maximum Gasteiger partial charge on any atom is 0.303 e. The fourth-order valence-corrected chi connectivity index (χ4v) is 5.50. The first kappa shape index (κ1) is 32.0. The van der Waals surface area contributed by atoms with Gasteiger partial charge in [-0.25, -0.2) is 18.7 Å². The molecule has 2 heterocycles. The van der Waals surface area contributed by atoms with Crippen LogP contribution >= 0.6 is 27.7 Å². The van der Waals surface area contributed by atoms with Gasteiger partial charge in [0.25, 0.3) is 0 Å². The Morgan fingerprint density at radius 2 is 1.71 bits per heavy atom. The van der Waals surface area contributed by atoms with E-state index in [0.717, 1.165) is 31.8 Å². The first-order chi connectivity index (χ1) is 19.4. The van der Waals surface area contributed by atoms with E-state index in [2.05, 4.69) is 31.3 Å². The topological polar surface area (TPSA) is 149 Å². The monoisotopic (exact) mass is 660 g/mol. The van der Waals surface area contributed by atoms with Gasteiger partial charge in [0, 0.05) is 54.3 Å². The number of benzene rings is 1. The number of aromatic nitrogens is 1. The van der Waals surface area contributed by atoms with Crippen LogP contribution < -0.4 is 5.32 Å². The van der Waals surface area contributed by atoms with E-state index in [1.54, 1.807) is 12.3 Å². The van der Waals surface area contributed by atoms with Crippen molar-refractivity contribution in [1.82, 2.24) is 10.3 Å². The van der Waals surface area contributed by atoms with Crippen molar-refractivity contribution in [2.75, 3.05) is 6.61 Å². The van der Waals surface area contributed by atoms with Crippen LogP contribution in [0, 0.1) is 23.0 Å². The van der Waals surface area contributed by atoms with E-state index in [4.69, 9.17) is 24.5 Å². The summed E-state index contributed by atoms with van der Waals surface area (Å²) in [7, 11) is 0. The lowest BCUT2D eigenvalue weighted by Gasteiger charge is -2.45. The van der Waals surface area contributed by atoms with Gasteiger partial charge in [0.1, 0.15) is 29.9 Å². The predicted molar refractivity (Wildman–Crippen MR) is 141 cm³/mol. The molecule has 0 saturated carbocycles. The summed E-state index contributed by atoms with van der Waals surface area (Å²) in [5, 5.41) is 6.11. The molecular formula is C25H24BrF3N4O7S. The van der Waals surface area contributed by atoms with Gasteiger partial charge in [-0.05, 0) is 34.1 Å². The van der Waals surface area contributed by atoms with Gasteiger partial charge in [-0.2, -0.15) is 5.11 Å². The first-order valence-electron chi connectivity index (χ1n) is 11.8. The minimum absolute atomic E-state index is 0.286. The van der Waals surface area contributed by atoms with Crippen molar-refractivity contribution < 1.29 is 46.5 Å². The molecule has 3 rings (SSSR count). The van der Waals surface area contributed by atoms with Crippen LogP contribution in [0.25, 0.3) is 5.70 Å². The molecule has 220 valence electrons. The number of rotatable bonds is 10. The predicted octanol–water partition coefficient (Wildman–Crippen LogP) is 4.49. The fraction of sp³-hybridized carbons (Fsp3) is 0.360. The van der Waals surface area contributed by atoms with Gasteiger partial charge in [0.15, 0.2) is 29.7 Å². The zero-order chi connectivity index (χ0) is 30.3. The fourth-order valence-electron chi connectivity index (χ4n) is 3.84. The molecule has 0 radical (unpaired) electrons. The molecule has 0 amide bonds. The molecule has 0 bridgehead atoms. The van der Waals surface area contributed by atoms with Crippen molar-refractivity contribution in [3.05, 3.63) is 64.3 Å². The number of ether oxygens (including phenoxy) is 4. The molecule has 2 aromatic rings. The third kappa shape index (κ3) is 8.74. The van der Waals surface area contributed by atoms with Gasteiger partial charge in [-0.1, -0.05) is 11.8 Å². The van der Waals surface area contributed by atoms with Crippen LogP contribution in [-0.2, 0) is 33.3 Å². The minimum Gasteiger partial charge on any atom is -0.463 e. The van der Waals surface area contributed by atoms with Crippen molar-refractivity contribution in [3.63, 3.8) is 0 Å². The summed E-state index contributed by atoms with van der Waals surface area (Å²) in [5.41, 5.74) is 5.89. The van der Waals surface area contributed by atoms with Crippen LogP contribution in [0.3, 0.4) is 0 Å². The van der Waals surface area contributed by atoms with Crippen molar-refractivity contribution in [1.29, 1.82) is 5.53 Å². The van der Waals surface area contributed by atoms with Gasteiger partial charge in [-0.3, -0.25) is 19.4 Å². The number of nitrogens with one attached hydrogen (secondary N) is 2. The Balaban J connectivity index is 2.08. The Labute approximate surface area is 244 Å². The van der Waals surface area contributed by atoms with Crippen LogP contribution in [0.15, 0.2) is 51.3 Å². The molecular weight excluding hydrogens is 637 g/mol. The number of nitrogens with zero attached hydrogens (tertiary/aromatic N) is 2.